The zero-order chi connectivity index (χ0) is 46.5. The van der Waals surface area contributed by atoms with Crippen molar-refractivity contribution in [2.75, 3.05) is 29.9 Å². The van der Waals surface area contributed by atoms with Gasteiger partial charge in [0.05, 0.1) is 32.1 Å². The van der Waals surface area contributed by atoms with Gasteiger partial charge in [0.15, 0.2) is 0 Å². The number of carbonyl (C=O) groups is 9. The van der Waals surface area contributed by atoms with E-state index >= 15 is 0 Å². The Morgan fingerprint density at radius 1 is 0.891 bits per heavy atom. The third-order valence-corrected chi connectivity index (χ3v) is 12.5. The lowest BCUT2D eigenvalue weighted by Gasteiger charge is -2.28. The minimum Gasteiger partial charge on any atom is -0.481 e. The number of nitrogens with two attached hydrogens (primary N) is 2. The quantitative estimate of drug-likeness (QED) is 0.0646. The number of carbonyl (C=O) groups excluding carboxylic acids is 8. The van der Waals surface area contributed by atoms with Crippen molar-refractivity contribution in [1.82, 2.24) is 36.5 Å². The van der Waals surface area contributed by atoms with Gasteiger partial charge < -0.3 is 63.1 Å². The van der Waals surface area contributed by atoms with Gasteiger partial charge in [0, 0.05) is 64.8 Å². The number of aliphatic carboxylic acids is 1. The number of anilines is 1. The predicted molar refractivity (Wildman–Crippen MR) is 235 cm³/mol. The topological polar surface area (TPSA) is 350 Å². The molecule has 0 bridgehead atoms. The number of nitrogens with zero attached hydrogens (tertiary/aromatic N) is 1. The maximum absolute atomic E-state index is 14.0. The van der Waals surface area contributed by atoms with Crippen LogP contribution in [0.25, 0.3) is 10.9 Å². The van der Waals surface area contributed by atoms with Crippen LogP contribution in [0.4, 0.5) is 5.69 Å². The summed E-state index contributed by atoms with van der Waals surface area (Å²) in [7, 11) is 2.28. The summed E-state index contributed by atoms with van der Waals surface area (Å²) in [4.78, 5) is 123. The van der Waals surface area contributed by atoms with Gasteiger partial charge in [0.25, 0.3) is 0 Å². The van der Waals surface area contributed by atoms with Gasteiger partial charge in [-0.1, -0.05) is 39.8 Å². The number of rotatable bonds is 10. The molecular formula is C40H49N11O11S2. The first-order chi connectivity index (χ1) is 30.5. The molecule has 3 heterocycles. The van der Waals surface area contributed by atoms with Crippen LogP contribution in [0.5, 0.6) is 0 Å². The molecule has 22 nitrogen and oxygen atoms in total. The molecule has 2 aromatic carbocycles. The largest absolute Gasteiger partial charge is 0.481 e. The Kier molecular flexibility index (Phi) is 17.1. The Morgan fingerprint density at radius 2 is 1.59 bits per heavy atom. The highest BCUT2D eigenvalue weighted by atomic mass is 33.1. The molecule has 2 fully saturated rings. The van der Waals surface area contributed by atoms with Gasteiger partial charge in [-0.05, 0) is 37.3 Å². The lowest BCUT2D eigenvalue weighted by Crippen LogP contribution is -2.58. The number of aromatic nitrogens is 1. The number of ether oxygens (including phenoxy) is 1. The summed E-state index contributed by atoms with van der Waals surface area (Å²) < 4.78 is 6.19. The third-order valence-electron chi connectivity index (χ3n) is 10.1. The molecule has 5 rings (SSSR count). The summed E-state index contributed by atoms with van der Waals surface area (Å²) >= 11 is 0. The fourth-order valence-electron chi connectivity index (χ4n) is 6.79. The maximum Gasteiger partial charge on any atom is 0.305 e. The van der Waals surface area contributed by atoms with Crippen LogP contribution in [0.2, 0.25) is 0 Å². The fraction of sp³-hybridized carbons (Fsp3) is 0.400. The van der Waals surface area contributed by atoms with E-state index in [9.17, 15) is 48.3 Å². The van der Waals surface area contributed by atoms with Gasteiger partial charge in [0.1, 0.15) is 36.0 Å². The number of amides is 8. The molecular weight excluding hydrogens is 875 g/mol. The normalized spacial score (nSPS) is 23.4. The Bertz CT molecular complexity index is 2280. The Labute approximate surface area is 373 Å². The molecule has 8 amide bonds. The second-order valence-electron chi connectivity index (χ2n) is 14.9. The second-order valence-corrected chi connectivity index (χ2v) is 17.5. The third kappa shape index (κ3) is 13.7. The number of amidine groups is 1. The van der Waals surface area contributed by atoms with Crippen molar-refractivity contribution in [2.45, 2.75) is 75.5 Å². The smallest absolute Gasteiger partial charge is 0.305 e. The number of carboxylic acids is 1. The monoisotopic (exact) mass is 923 g/mol. The molecule has 64 heavy (non-hydrogen) atoms. The molecule has 0 aliphatic carbocycles. The molecule has 2 aliphatic rings. The number of H-pyrrole nitrogens is 1. The standard InChI is InChI=1S/C40H49N11O11S2/c1-20-40(61)51-17-24(62-18-22-15-44-26-5-3-2-4-25(22)26)12-30(51)39(60)50-29(36(43)57)19-64-63-11-10-31(52)48-27(13-32(53)47-23-8-6-21(7-9-23)35(41)42)37(58)45-16-33(54)49-28(14-34(55)56)38(59)46-20/h2-9,15,20,24,27-30,44H,10-14,16-19H2,1H3,(H3,41,42)(H2,43,57)(H,45,58)(H,46,59)(H,47,53)(H,48,52)(H,49,54)(H,50,60)(H,55,56)/t20?,24?,27?,28?,29-,30?/m0/s1. The van der Waals surface area contributed by atoms with Crippen LogP contribution < -0.4 is 43.4 Å². The highest BCUT2D eigenvalue weighted by Crippen LogP contribution is 2.27. The Morgan fingerprint density at radius 3 is 2.30 bits per heavy atom. The lowest BCUT2D eigenvalue weighted by molar-refractivity contribution is -0.143. The fourth-order valence-corrected chi connectivity index (χ4v) is 8.96. The average molecular weight is 924 g/mol. The molecule has 6 atom stereocenters. The summed E-state index contributed by atoms with van der Waals surface area (Å²) in [5.74, 6) is -8.35. The molecule has 0 saturated carbocycles. The van der Waals surface area contributed by atoms with E-state index < -0.39 is 109 Å². The van der Waals surface area contributed by atoms with E-state index in [1.54, 1.807) is 6.20 Å². The molecule has 0 radical (unpaired) electrons. The number of aromatic amines is 1. The van der Waals surface area contributed by atoms with Crippen molar-refractivity contribution in [2.24, 2.45) is 11.5 Å². The van der Waals surface area contributed by atoms with E-state index in [-0.39, 0.29) is 43.3 Å². The van der Waals surface area contributed by atoms with Crippen LogP contribution >= 0.6 is 21.6 Å². The first kappa shape index (κ1) is 48.4. The highest BCUT2D eigenvalue weighted by molar-refractivity contribution is 8.76. The minimum atomic E-state index is -1.74. The van der Waals surface area contributed by atoms with Crippen molar-refractivity contribution < 1.29 is 53.0 Å². The van der Waals surface area contributed by atoms with E-state index in [1.165, 1.54) is 36.1 Å². The first-order valence-electron chi connectivity index (χ1n) is 19.9. The van der Waals surface area contributed by atoms with Crippen molar-refractivity contribution in [3.8, 4) is 0 Å². The summed E-state index contributed by atoms with van der Waals surface area (Å²) in [5, 5.41) is 32.6. The molecule has 1 aromatic heterocycles. The number of fused-ring (bicyclic) bond motifs is 2. The number of carboxylic acid groups (broad SMARTS) is 1. The van der Waals surface area contributed by atoms with Crippen molar-refractivity contribution in [3.63, 3.8) is 0 Å². The van der Waals surface area contributed by atoms with Gasteiger partial charge in [0.2, 0.25) is 47.3 Å². The average Bonchev–Trinajstić information content (AvgIpc) is 3.87. The summed E-state index contributed by atoms with van der Waals surface area (Å²) in [6.45, 7) is 0.524. The van der Waals surface area contributed by atoms with E-state index in [1.807, 2.05) is 24.3 Å². The Hall–Kier alpha value is -6.66. The van der Waals surface area contributed by atoms with Crippen molar-refractivity contribution >= 4 is 97.2 Å². The van der Waals surface area contributed by atoms with Crippen LogP contribution in [0.3, 0.4) is 0 Å². The molecule has 3 aromatic rings. The summed E-state index contributed by atoms with van der Waals surface area (Å²) in [6, 6.07) is 6.46. The van der Waals surface area contributed by atoms with Gasteiger partial charge in [-0.25, -0.2) is 0 Å². The molecule has 2 aliphatic heterocycles. The van der Waals surface area contributed by atoms with E-state index in [0.29, 0.717) is 11.3 Å². The number of hydrogen-bond acceptors (Lipinski definition) is 13. The molecule has 24 heteroatoms. The number of nitrogens with one attached hydrogen (secondary N) is 8. The van der Waals surface area contributed by atoms with Crippen LogP contribution in [0, 0.1) is 5.41 Å². The van der Waals surface area contributed by atoms with E-state index in [4.69, 9.17) is 21.6 Å². The number of primary amides is 1. The maximum atomic E-state index is 14.0. The van der Waals surface area contributed by atoms with Crippen LogP contribution in [-0.2, 0) is 54.5 Å². The summed E-state index contributed by atoms with van der Waals surface area (Å²) in [6.07, 6.45) is -0.583. The zero-order valence-electron chi connectivity index (χ0n) is 34.5. The van der Waals surface area contributed by atoms with E-state index in [2.05, 4.69) is 36.9 Å². The number of hydrogen-bond donors (Lipinski definition) is 11. The SMILES string of the molecule is CC1NC(=O)C(CC(=O)O)NC(=O)CNC(=O)C(CC(=O)Nc2ccc(C(=N)N)cc2)NC(=O)CCSSC[C@@H](C(N)=O)NC(=O)C2CC(OCc3c[nH]c4ccccc34)CN2C1=O. The number of nitrogen functional groups attached to an aromatic ring is 1. The second kappa shape index (κ2) is 22.6. The molecule has 5 unspecified atom stereocenters. The van der Waals surface area contributed by atoms with Crippen LogP contribution in [0.1, 0.15) is 43.7 Å². The van der Waals surface area contributed by atoms with Crippen LogP contribution in [-0.4, -0.2) is 135 Å². The summed E-state index contributed by atoms with van der Waals surface area (Å²) in [5.41, 5.74) is 13.5. The van der Waals surface area contributed by atoms with Gasteiger partial charge >= 0.3 is 5.97 Å². The number of para-hydroxylation sites is 1. The number of benzene rings is 2. The van der Waals surface area contributed by atoms with Gasteiger partial charge in [-0.2, -0.15) is 0 Å². The van der Waals surface area contributed by atoms with Crippen LogP contribution in [0.15, 0.2) is 54.7 Å². The predicted octanol–water partition coefficient (Wildman–Crippen LogP) is -1.21. The highest BCUT2D eigenvalue weighted by Gasteiger charge is 2.43. The molecule has 2 saturated heterocycles. The Balaban J connectivity index is 1.32. The lowest BCUT2D eigenvalue weighted by atomic mass is 10.1. The van der Waals surface area contributed by atoms with Crippen molar-refractivity contribution in [1.29, 1.82) is 5.41 Å². The first-order valence-corrected chi connectivity index (χ1v) is 22.4. The molecule has 342 valence electrons. The van der Waals surface area contributed by atoms with Gasteiger partial charge in [-0.15, -0.1) is 0 Å². The molecule has 0 spiro atoms. The van der Waals surface area contributed by atoms with Gasteiger partial charge in [-0.3, -0.25) is 48.6 Å². The zero-order valence-corrected chi connectivity index (χ0v) is 36.1. The minimum absolute atomic E-state index is 0.00334. The van der Waals surface area contributed by atoms with Crippen molar-refractivity contribution in [3.05, 3.63) is 65.9 Å². The van der Waals surface area contributed by atoms with E-state index in [0.717, 1.165) is 38.1 Å². The molecule has 13 N–H and O–H groups in total.